The normalized spacial score (nSPS) is 19.4. The van der Waals surface area contributed by atoms with E-state index >= 15 is 0 Å². The summed E-state index contributed by atoms with van der Waals surface area (Å²) in [7, 11) is -3.52. The Morgan fingerprint density at radius 3 is 2.47 bits per heavy atom. The zero-order valence-corrected chi connectivity index (χ0v) is 18.4. The first-order valence-electron chi connectivity index (χ1n) is 10.1. The van der Waals surface area contributed by atoms with Gasteiger partial charge < -0.3 is 11.1 Å². The predicted octanol–water partition coefficient (Wildman–Crippen LogP) is 3.01. The molecule has 3 N–H and O–H groups in total. The molecule has 0 bridgehead atoms. The van der Waals surface area contributed by atoms with Gasteiger partial charge in [0.2, 0.25) is 10.0 Å². The molecular formula is C21H25N3O4S2. The maximum Gasteiger partial charge on any atom is 0.256 e. The lowest BCUT2D eigenvalue weighted by molar-refractivity contribution is 0.1000. The molecule has 1 aliphatic carbocycles. The Kier molecular flexibility index (Phi) is 5.69. The molecule has 1 saturated heterocycles. The molecule has 2 amide bonds. The molecule has 2 heterocycles. The molecule has 0 radical (unpaired) electrons. The Hall–Kier alpha value is -2.23. The molecule has 9 heteroatoms. The third kappa shape index (κ3) is 3.89. The molecule has 1 aromatic carbocycles. The summed E-state index contributed by atoms with van der Waals surface area (Å²) in [6.07, 6.45) is 4.38. The summed E-state index contributed by atoms with van der Waals surface area (Å²) in [4.78, 5) is 26.1. The number of primary amides is 1. The molecule has 1 fully saturated rings. The topological polar surface area (TPSA) is 110 Å². The number of amides is 2. The quantitative estimate of drug-likeness (QED) is 0.734. The number of rotatable bonds is 5. The van der Waals surface area contributed by atoms with E-state index in [1.807, 2.05) is 0 Å². The molecule has 160 valence electrons. The van der Waals surface area contributed by atoms with Gasteiger partial charge in [-0.1, -0.05) is 6.92 Å². The maximum absolute atomic E-state index is 12.8. The zero-order chi connectivity index (χ0) is 21.5. The molecule has 0 spiro atoms. The number of nitrogens with one attached hydrogen (secondary N) is 1. The summed E-state index contributed by atoms with van der Waals surface area (Å²) in [5, 5.41) is 3.28. The minimum absolute atomic E-state index is 0.180. The van der Waals surface area contributed by atoms with Crippen molar-refractivity contribution in [3.05, 3.63) is 45.8 Å². The van der Waals surface area contributed by atoms with Crippen molar-refractivity contribution in [2.24, 2.45) is 11.7 Å². The molecule has 4 rings (SSSR count). The van der Waals surface area contributed by atoms with Crippen LogP contribution in [0.1, 0.15) is 57.3 Å². The molecule has 1 atom stereocenters. The van der Waals surface area contributed by atoms with E-state index in [1.165, 1.54) is 39.9 Å². The predicted molar refractivity (Wildman–Crippen MR) is 116 cm³/mol. The van der Waals surface area contributed by atoms with Crippen molar-refractivity contribution in [1.82, 2.24) is 4.31 Å². The van der Waals surface area contributed by atoms with Crippen molar-refractivity contribution >= 4 is 38.2 Å². The first-order chi connectivity index (χ1) is 14.3. The Bertz CT molecular complexity index is 1080. The zero-order valence-electron chi connectivity index (χ0n) is 16.8. The van der Waals surface area contributed by atoms with Crippen molar-refractivity contribution in [3.63, 3.8) is 0 Å². The van der Waals surface area contributed by atoms with E-state index in [0.29, 0.717) is 35.1 Å². The Morgan fingerprint density at radius 2 is 1.83 bits per heavy atom. The van der Waals surface area contributed by atoms with Crippen LogP contribution in [0.5, 0.6) is 0 Å². The molecule has 1 aromatic heterocycles. The minimum atomic E-state index is -3.52. The molecule has 0 unspecified atom stereocenters. The fourth-order valence-electron chi connectivity index (χ4n) is 4.13. The van der Waals surface area contributed by atoms with E-state index in [4.69, 9.17) is 5.73 Å². The van der Waals surface area contributed by atoms with Crippen molar-refractivity contribution in [2.75, 3.05) is 18.4 Å². The second-order valence-electron chi connectivity index (χ2n) is 8.01. The average Bonchev–Trinajstić information content (AvgIpc) is 3.36. The highest BCUT2D eigenvalue weighted by Crippen LogP contribution is 2.39. The van der Waals surface area contributed by atoms with E-state index in [1.54, 1.807) is 0 Å². The van der Waals surface area contributed by atoms with Crippen LogP contribution >= 0.6 is 11.3 Å². The average molecular weight is 448 g/mol. The second-order valence-corrected chi connectivity index (χ2v) is 11.1. The van der Waals surface area contributed by atoms with Crippen molar-refractivity contribution < 1.29 is 18.0 Å². The molecule has 7 nitrogen and oxygen atoms in total. The molecule has 2 aliphatic rings. The SMILES string of the molecule is C[C@H]1CCc2c(sc(NC(=O)c3ccc(S(=O)(=O)N4CCCC4)cc3)c2C(N)=O)C1. The summed E-state index contributed by atoms with van der Waals surface area (Å²) in [5.41, 5.74) is 7.29. The highest BCUT2D eigenvalue weighted by atomic mass is 32.2. The van der Waals surface area contributed by atoms with Gasteiger partial charge in [-0.05, 0) is 67.9 Å². The van der Waals surface area contributed by atoms with Gasteiger partial charge in [-0.3, -0.25) is 9.59 Å². The van der Waals surface area contributed by atoms with Gasteiger partial charge in [0, 0.05) is 23.5 Å². The number of nitrogens with zero attached hydrogens (tertiary/aromatic N) is 1. The van der Waals surface area contributed by atoms with E-state index < -0.39 is 21.8 Å². The highest BCUT2D eigenvalue weighted by Gasteiger charge is 2.29. The van der Waals surface area contributed by atoms with E-state index in [2.05, 4.69) is 12.2 Å². The van der Waals surface area contributed by atoms with Crippen molar-refractivity contribution in [2.45, 2.75) is 43.9 Å². The largest absolute Gasteiger partial charge is 0.365 e. The molecule has 0 saturated carbocycles. The number of benzene rings is 1. The van der Waals surface area contributed by atoms with Gasteiger partial charge in [0.15, 0.2) is 0 Å². The number of thiophene rings is 1. The third-order valence-electron chi connectivity index (χ3n) is 5.80. The number of fused-ring (bicyclic) bond motifs is 1. The van der Waals surface area contributed by atoms with Gasteiger partial charge >= 0.3 is 0 Å². The number of carbonyl (C=O) groups is 2. The lowest BCUT2D eigenvalue weighted by Crippen LogP contribution is -2.27. The summed E-state index contributed by atoms with van der Waals surface area (Å²) in [6, 6.07) is 5.91. The van der Waals surface area contributed by atoms with Gasteiger partial charge in [0.1, 0.15) is 5.00 Å². The van der Waals surface area contributed by atoms with Crippen LogP contribution in [0.25, 0.3) is 0 Å². The van der Waals surface area contributed by atoms with Gasteiger partial charge in [-0.25, -0.2) is 8.42 Å². The van der Waals surface area contributed by atoms with Gasteiger partial charge in [-0.15, -0.1) is 11.3 Å². The number of nitrogens with two attached hydrogens (primary N) is 1. The van der Waals surface area contributed by atoms with Crippen LogP contribution in [0.4, 0.5) is 5.00 Å². The molecule has 1 aliphatic heterocycles. The van der Waals surface area contributed by atoms with Crippen LogP contribution in [-0.4, -0.2) is 37.6 Å². The second kappa shape index (κ2) is 8.13. The van der Waals surface area contributed by atoms with Crippen molar-refractivity contribution in [1.29, 1.82) is 0 Å². The fraction of sp³-hybridized carbons (Fsp3) is 0.429. The summed E-state index contributed by atoms with van der Waals surface area (Å²) in [6.45, 7) is 3.23. The number of sulfonamides is 1. The van der Waals surface area contributed by atoms with E-state index in [0.717, 1.165) is 42.5 Å². The van der Waals surface area contributed by atoms with Crippen LogP contribution in [0, 0.1) is 5.92 Å². The van der Waals surface area contributed by atoms with Crippen LogP contribution in [0.15, 0.2) is 29.2 Å². The van der Waals surface area contributed by atoms with E-state index in [-0.39, 0.29) is 4.90 Å². The monoisotopic (exact) mass is 447 g/mol. The first-order valence-corrected chi connectivity index (χ1v) is 12.4. The van der Waals surface area contributed by atoms with Crippen molar-refractivity contribution in [3.8, 4) is 0 Å². The summed E-state index contributed by atoms with van der Waals surface area (Å²) >= 11 is 1.41. The number of hydrogen-bond acceptors (Lipinski definition) is 5. The first kappa shape index (κ1) is 21.0. The molecular weight excluding hydrogens is 422 g/mol. The Morgan fingerprint density at radius 1 is 1.17 bits per heavy atom. The lowest BCUT2D eigenvalue weighted by atomic mass is 9.88. The molecule has 2 aromatic rings. The van der Waals surface area contributed by atoms with Crippen LogP contribution in [0.3, 0.4) is 0 Å². The van der Waals surface area contributed by atoms with E-state index in [9.17, 15) is 18.0 Å². The highest BCUT2D eigenvalue weighted by molar-refractivity contribution is 7.89. The number of carbonyl (C=O) groups excluding carboxylic acids is 2. The number of anilines is 1. The lowest BCUT2D eigenvalue weighted by Gasteiger charge is -2.18. The third-order valence-corrected chi connectivity index (χ3v) is 8.89. The minimum Gasteiger partial charge on any atom is -0.365 e. The van der Waals surface area contributed by atoms with Crippen LogP contribution in [-0.2, 0) is 22.9 Å². The van der Waals surface area contributed by atoms with Crippen LogP contribution in [0.2, 0.25) is 0 Å². The smallest absolute Gasteiger partial charge is 0.256 e. The summed E-state index contributed by atoms with van der Waals surface area (Å²) < 4.78 is 26.8. The Labute approximate surface area is 180 Å². The fourth-order valence-corrected chi connectivity index (χ4v) is 7.06. The standard InChI is InChI=1S/C21H25N3O4S2/c1-13-4-9-16-17(12-13)29-21(18(16)19(22)25)23-20(26)14-5-7-15(8-6-14)30(27,28)24-10-2-3-11-24/h5-8,13H,2-4,9-12H2,1H3,(H2,22,25)(H,23,26)/t13-/m0/s1. The summed E-state index contributed by atoms with van der Waals surface area (Å²) in [5.74, 6) is -0.399. The van der Waals surface area contributed by atoms with Crippen LogP contribution < -0.4 is 11.1 Å². The van der Waals surface area contributed by atoms with Gasteiger partial charge in [-0.2, -0.15) is 4.31 Å². The van der Waals surface area contributed by atoms with Gasteiger partial charge in [0.25, 0.3) is 11.8 Å². The molecule has 30 heavy (non-hydrogen) atoms. The van der Waals surface area contributed by atoms with Gasteiger partial charge in [0.05, 0.1) is 10.5 Å². The maximum atomic E-state index is 12.8. The number of hydrogen-bond donors (Lipinski definition) is 2. The Balaban J connectivity index is 1.55.